The highest BCUT2D eigenvalue weighted by atomic mass is 16.5. The second-order valence-electron chi connectivity index (χ2n) is 5.09. The van der Waals surface area contributed by atoms with Crippen molar-refractivity contribution in [2.24, 2.45) is 16.2 Å². The van der Waals surface area contributed by atoms with Gasteiger partial charge in [-0.3, -0.25) is 20.6 Å². The minimum absolute atomic E-state index is 0.126. The Balaban J connectivity index is 1.97. The number of aromatic nitrogens is 1. The van der Waals surface area contributed by atoms with Crippen molar-refractivity contribution in [1.82, 2.24) is 4.57 Å². The number of carbonyl (C=O) groups is 1. The SMILES string of the molecule is COc1ccc(C(=O)n2ccc3cc(C(=[NH2+])N=NN)ccc32)cc1. The van der Waals surface area contributed by atoms with Gasteiger partial charge >= 0.3 is 5.84 Å². The maximum Gasteiger partial charge on any atom is 0.350 e. The number of carbonyl (C=O) groups excluding carboxylic acids is 1. The first kappa shape index (κ1) is 15.4. The van der Waals surface area contributed by atoms with Gasteiger partial charge in [-0.1, -0.05) is 0 Å². The van der Waals surface area contributed by atoms with Crippen LogP contribution in [0.3, 0.4) is 0 Å². The molecule has 7 heteroatoms. The summed E-state index contributed by atoms with van der Waals surface area (Å²) in [5.41, 5.74) is 2.03. The number of methoxy groups -OCH3 is 1. The summed E-state index contributed by atoms with van der Waals surface area (Å²) in [6.45, 7) is 0. The average Bonchev–Trinajstić information content (AvgIpc) is 3.04. The van der Waals surface area contributed by atoms with Crippen LogP contribution in [0.25, 0.3) is 10.9 Å². The maximum atomic E-state index is 12.7. The van der Waals surface area contributed by atoms with Crippen molar-refractivity contribution >= 4 is 22.6 Å². The van der Waals surface area contributed by atoms with Crippen molar-refractivity contribution in [3.8, 4) is 5.75 Å². The van der Waals surface area contributed by atoms with Crippen LogP contribution in [0.15, 0.2) is 65.1 Å². The zero-order chi connectivity index (χ0) is 17.1. The molecule has 120 valence electrons. The monoisotopic (exact) mass is 322 g/mol. The summed E-state index contributed by atoms with van der Waals surface area (Å²) in [7, 11) is 1.58. The Morgan fingerprint density at radius 3 is 2.50 bits per heavy atom. The van der Waals surface area contributed by atoms with Crippen molar-refractivity contribution in [2.75, 3.05) is 7.11 Å². The normalized spacial score (nSPS) is 11.0. The van der Waals surface area contributed by atoms with E-state index >= 15 is 0 Å². The van der Waals surface area contributed by atoms with Gasteiger partial charge in [-0.05, 0) is 48.5 Å². The summed E-state index contributed by atoms with van der Waals surface area (Å²) in [5, 5.41) is 13.4. The molecule has 0 unspecified atom stereocenters. The summed E-state index contributed by atoms with van der Waals surface area (Å²) in [6, 6.07) is 14.2. The van der Waals surface area contributed by atoms with Crippen LogP contribution < -0.4 is 16.0 Å². The molecule has 0 radical (unpaired) electrons. The van der Waals surface area contributed by atoms with Crippen LogP contribution in [0.4, 0.5) is 0 Å². The van der Waals surface area contributed by atoms with Crippen molar-refractivity contribution in [2.45, 2.75) is 0 Å². The van der Waals surface area contributed by atoms with E-state index in [9.17, 15) is 4.79 Å². The number of hydrogen-bond acceptors (Lipinski definition) is 3. The molecule has 0 atom stereocenters. The van der Waals surface area contributed by atoms with Gasteiger partial charge in [0, 0.05) is 22.4 Å². The molecule has 0 aliphatic heterocycles. The molecule has 0 saturated carbocycles. The highest BCUT2D eigenvalue weighted by Gasteiger charge is 2.14. The molecule has 0 spiro atoms. The lowest BCUT2D eigenvalue weighted by Crippen LogP contribution is -2.38. The number of rotatable bonds is 3. The summed E-state index contributed by atoms with van der Waals surface area (Å²) >= 11 is 0. The van der Waals surface area contributed by atoms with Gasteiger partial charge in [-0.15, -0.1) is 0 Å². The number of nitrogens with two attached hydrogens (primary N) is 2. The number of hydrogen-bond donors (Lipinski definition) is 2. The number of fused-ring (bicyclic) bond motifs is 1. The van der Waals surface area contributed by atoms with E-state index in [0.29, 0.717) is 16.9 Å². The maximum absolute atomic E-state index is 12.7. The lowest BCUT2D eigenvalue weighted by Gasteiger charge is -2.05. The summed E-state index contributed by atoms with van der Waals surface area (Å²) in [6.07, 6.45) is 1.72. The van der Waals surface area contributed by atoms with E-state index in [0.717, 1.165) is 10.9 Å². The molecule has 0 aliphatic rings. The molecule has 0 amide bonds. The van der Waals surface area contributed by atoms with Gasteiger partial charge in [-0.25, -0.2) is 0 Å². The minimum atomic E-state index is -0.126. The molecule has 0 fully saturated rings. The van der Waals surface area contributed by atoms with E-state index < -0.39 is 0 Å². The van der Waals surface area contributed by atoms with E-state index in [2.05, 4.69) is 10.3 Å². The molecule has 0 aliphatic carbocycles. The van der Waals surface area contributed by atoms with E-state index in [-0.39, 0.29) is 11.7 Å². The molecule has 7 nitrogen and oxygen atoms in total. The molecule has 3 rings (SSSR count). The third kappa shape index (κ3) is 2.74. The third-order valence-corrected chi connectivity index (χ3v) is 3.71. The fraction of sp³-hybridized carbons (Fsp3) is 0.0588. The first-order valence-corrected chi connectivity index (χ1v) is 7.17. The standard InChI is InChI=1S/C17H15N5O2/c1-24-14-5-2-11(3-6-14)17(23)22-9-8-12-10-13(4-7-15(12)22)16(18)20-21-19/h2-10H,1H3,(H3,18,19,20)/p+1. The highest BCUT2D eigenvalue weighted by Crippen LogP contribution is 2.20. The van der Waals surface area contributed by atoms with Crippen LogP contribution in [0.1, 0.15) is 15.9 Å². The van der Waals surface area contributed by atoms with Crippen LogP contribution in [0, 0.1) is 0 Å². The Kier molecular flexibility index (Phi) is 4.07. The Bertz CT molecular complexity index is 941. The molecule has 2 aromatic carbocycles. The van der Waals surface area contributed by atoms with Crippen LogP contribution in [0.2, 0.25) is 0 Å². The number of nitrogens with zero attached hydrogens (tertiary/aromatic N) is 3. The Hall–Kier alpha value is -3.48. The van der Waals surface area contributed by atoms with Gasteiger partial charge in [0.1, 0.15) is 5.75 Å². The fourth-order valence-electron chi connectivity index (χ4n) is 2.47. The molecule has 3 aromatic rings. The smallest absolute Gasteiger partial charge is 0.350 e. The van der Waals surface area contributed by atoms with E-state index in [1.54, 1.807) is 48.2 Å². The van der Waals surface area contributed by atoms with Crippen molar-refractivity contribution in [3.63, 3.8) is 0 Å². The summed E-state index contributed by atoms with van der Waals surface area (Å²) < 4.78 is 6.69. The van der Waals surface area contributed by atoms with Gasteiger partial charge in [0.25, 0.3) is 5.91 Å². The van der Waals surface area contributed by atoms with Crippen LogP contribution in [0.5, 0.6) is 5.75 Å². The zero-order valence-corrected chi connectivity index (χ0v) is 13.0. The molecular weight excluding hydrogens is 306 g/mol. The second kappa shape index (κ2) is 6.33. The lowest BCUT2D eigenvalue weighted by molar-refractivity contribution is -0.114. The predicted octanol–water partition coefficient (Wildman–Crippen LogP) is 1.17. The molecule has 0 bridgehead atoms. The first-order chi connectivity index (χ1) is 11.6. The molecule has 1 aromatic heterocycles. The predicted molar refractivity (Wildman–Crippen MR) is 89.7 cm³/mol. The summed E-state index contributed by atoms with van der Waals surface area (Å²) in [4.78, 5) is 12.7. The largest absolute Gasteiger partial charge is 0.497 e. The van der Waals surface area contributed by atoms with E-state index in [4.69, 9.17) is 16.0 Å². The van der Waals surface area contributed by atoms with Crippen LogP contribution in [-0.4, -0.2) is 23.4 Å². The fourth-order valence-corrected chi connectivity index (χ4v) is 2.47. The van der Waals surface area contributed by atoms with Crippen LogP contribution >= 0.6 is 0 Å². The second-order valence-corrected chi connectivity index (χ2v) is 5.09. The van der Waals surface area contributed by atoms with Gasteiger partial charge < -0.3 is 4.74 Å². The minimum Gasteiger partial charge on any atom is -0.497 e. The Morgan fingerprint density at radius 2 is 1.83 bits per heavy atom. The van der Waals surface area contributed by atoms with E-state index in [1.807, 2.05) is 18.2 Å². The van der Waals surface area contributed by atoms with Crippen molar-refractivity contribution in [1.29, 1.82) is 0 Å². The van der Waals surface area contributed by atoms with Gasteiger partial charge in [-0.2, -0.15) is 0 Å². The van der Waals surface area contributed by atoms with Crippen molar-refractivity contribution < 1.29 is 14.9 Å². The molecule has 4 N–H and O–H groups in total. The van der Waals surface area contributed by atoms with Gasteiger partial charge in [0.2, 0.25) is 0 Å². The lowest BCUT2D eigenvalue weighted by atomic mass is 10.1. The first-order valence-electron chi connectivity index (χ1n) is 7.17. The summed E-state index contributed by atoms with van der Waals surface area (Å²) in [5.74, 6) is 5.80. The highest BCUT2D eigenvalue weighted by molar-refractivity contribution is 6.04. The Labute approximate surface area is 137 Å². The Morgan fingerprint density at radius 1 is 1.12 bits per heavy atom. The number of benzene rings is 2. The molecule has 1 heterocycles. The molecule has 0 saturated heterocycles. The number of amidine groups is 1. The molecular formula is C17H16N5O2+. The van der Waals surface area contributed by atoms with E-state index in [1.165, 1.54) is 0 Å². The zero-order valence-electron chi connectivity index (χ0n) is 13.0. The topological polar surface area (TPSA) is 108 Å². The third-order valence-electron chi connectivity index (χ3n) is 3.71. The van der Waals surface area contributed by atoms with Crippen molar-refractivity contribution in [3.05, 3.63) is 65.9 Å². The number of ether oxygens (including phenoxy) is 1. The van der Waals surface area contributed by atoms with Gasteiger partial charge in [0.05, 0.1) is 23.3 Å². The van der Waals surface area contributed by atoms with Crippen LogP contribution in [-0.2, 0) is 0 Å². The molecule has 24 heavy (non-hydrogen) atoms. The quantitative estimate of drug-likeness (QED) is 0.248. The van der Waals surface area contributed by atoms with Gasteiger partial charge in [0.15, 0.2) is 0 Å². The average molecular weight is 322 g/mol.